The average Bonchev–Trinajstić information content (AvgIpc) is 3.86. The van der Waals surface area contributed by atoms with Crippen molar-refractivity contribution in [3.05, 3.63) is 32.2 Å². The molecule has 8 atom stereocenters. The lowest BCUT2D eigenvalue weighted by Crippen LogP contribution is -2.44. The van der Waals surface area contributed by atoms with Crippen LogP contribution in [-0.4, -0.2) is 93.3 Å². The molecule has 0 saturated heterocycles. The van der Waals surface area contributed by atoms with Gasteiger partial charge in [-0.25, -0.2) is 20.0 Å². The third kappa shape index (κ3) is 8.29. The van der Waals surface area contributed by atoms with Crippen LogP contribution in [-0.2, 0) is 19.1 Å². The maximum absolute atomic E-state index is 13.7. The van der Waals surface area contributed by atoms with E-state index in [1.807, 2.05) is 27.7 Å². The number of carbonyl (C=O) groups excluding carboxylic acids is 4. The lowest BCUT2D eigenvalue weighted by molar-refractivity contribution is -0.125. The van der Waals surface area contributed by atoms with Crippen molar-refractivity contribution in [3.63, 3.8) is 0 Å². The van der Waals surface area contributed by atoms with E-state index in [2.05, 4.69) is 31.2 Å². The second-order valence-corrected chi connectivity index (χ2v) is 17.9. The molecule has 0 radical (unpaired) electrons. The van der Waals surface area contributed by atoms with E-state index in [9.17, 15) is 19.2 Å². The first-order valence-corrected chi connectivity index (χ1v) is 21.0. The Balaban J connectivity index is 1.42. The molecule has 14 nitrogen and oxygen atoms in total. The zero-order chi connectivity index (χ0) is 35.7. The zero-order valence-electron chi connectivity index (χ0n) is 28.6. The monoisotopic (exact) mass is 762 g/mol. The highest BCUT2D eigenvalue weighted by atomic mass is 33.1. The number of aliphatic imine (C=N–C) groups is 2. The maximum atomic E-state index is 13.7. The predicted octanol–water partition coefficient (Wildman–Crippen LogP) is 3.68. The summed E-state index contributed by atoms with van der Waals surface area (Å²) in [5, 5.41) is 16.8. The molecule has 0 aliphatic carbocycles. The van der Waals surface area contributed by atoms with Crippen molar-refractivity contribution in [2.45, 2.75) is 103 Å². The molecule has 0 unspecified atom stereocenters. The fourth-order valence-corrected chi connectivity index (χ4v) is 10.0. The highest BCUT2D eigenvalue weighted by Crippen LogP contribution is 2.31. The number of ether oxygens (including phenoxy) is 2. The molecule has 6 heterocycles. The van der Waals surface area contributed by atoms with E-state index in [4.69, 9.17) is 19.5 Å². The highest BCUT2D eigenvalue weighted by Gasteiger charge is 2.41. The number of thiazole rings is 2. The molecule has 4 aliphatic heterocycles. The minimum atomic E-state index is -0.847. The third-order valence-corrected chi connectivity index (χ3v) is 12.8. The summed E-state index contributed by atoms with van der Waals surface area (Å²) in [6.45, 7) is 11.8. The molecule has 2 aromatic rings. The largest absolute Gasteiger partial charge is 0.474 e. The Hall–Kier alpha value is -3.22. The summed E-state index contributed by atoms with van der Waals surface area (Å²) in [6, 6.07) is -3.99. The first-order chi connectivity index (χ1) is 23.9. The molecule has 4 aliphatic rings. The Labute approximate surface area is 306 Å². The second kappa shape index (κ2) is 15.6. The second-order valence-electron chi connectivity index (χ2n) is 13.6. The topological polar surface area (TPSA) is 185 Å². The van der Waals surface area contributed by atoms with Gasteiger partial charge in [-0.15, -0.1) is 22.7 Å². The van der Waals surface area contributed by atoms with Crippen molar-refractivity contribution in [1.82, 2.24) is 31.2 Å². The van der Waals surface area contributed by atoms with Crippen LogP contribution in [0.3, 0.4) is 0 Å². The van der Waals surface area contributed by atoms with Crippen LogP contribution in [0.25, 0.3) is 0 Å². The van der Waals surface area contributed by atoms with Gasteiger partial charge in [-0.1, -0.05) is 49.3 Å². The number of aromatic nitrogens is 2. The third-order valence-electron chi connectivity index (χ3n) is 8.48. The number of rotatable bonds is 4. The summed E-state index contributed by atoms with van der Waals surface area (Å²) in [5.41, 5.74) is 0.415. The SMILES string of the molecule is CC(C)C[C@@H]1NC(=O)[C@H]2N=C(O[C@@H]2C)[C@@H]2CSSC[C@H](NC(=O)c3csc1n3)C1=N[C@H](C(=O)N[C@H](CC(C)C)c3nc(cs3)C(=O)N2)[C@@H](C)O1. The van der Waals surface area contributed by atoms with Crippen molar-refractivity contribution in [2.75, 3.05) is 11.5 Å². The van der Waals surface area contributed by atoms with Gasteiger partial charge in [-0.3, -0.25) is 19.2 Å². The Kier molecular flexibility index (Phi) is 11.4. The van der Waals surface area contributed by atoms with Crippen LogP contribution >= 0.6 is 44.3 Å². The van der Waals surface area contributed by atoms with Gasteiger partial charge in [0.2, 0.25) is 23.6 Å². The molecule has 18 heteroatoms. The molecule has 270 valence electrons. The number of carbonyl (C=O) groups is 4. The molecule has 0 aromatic carbocycles. The van der Waals surface area contributed by atoms with Gasteiger partial charge >= 0.3 is 0 Å². The van der Waals surface area contributed by atoms with Crippen molar-refractivity contribution in [2.24, 2.45) is 21.8 Å². The smallest absolute Gasteiger partial charge is 0.271 e. The number of amides is 4. The van der Waals surface area contributed by atoms with Gasteiger partial charge in [0.25, 0.3) is 11.8 Å². The van der Waals surface area contributed by atoms with Gasteiger partial charge in [0.15, 0.2) is 12.1 Å². The lowest BCUT2D eigenvalue weighted by atomic mass is 10.0. The molecule has 0 saturated carbocycles. The van der Waals surface area contributed by atoms with Crippen LogP contribution in [0.1, 0.15) is 97.5 Å². The first kappa shape index (κ1) is 36.6. The molecule has 0 spiro atoms. The molecular weight excluding hydrogens is 721 g/mol. The molecule has 4 N–H and O–H groups in total. The summed E-state index contributed by atoms with van der Waals surface area (Å²) < 4.78 is 12.3. The number of hydrogen-bond acceptors (Lipinski definition) is 14. The fourth-order valence-electron chi connectivity index (χ4n) is 5.99. The van der Waals surface area contributed by atoms with E-state index in [1.165, 1.54) is 44.3 Å². The van der Waals surface area contributed by atoms with E-state index in [-0.39, 0.29) is 46.8 Å². The lowest BCUT2D eigenvalue weighted by Gasteiger charge is -2.22. The molecule has 0 fully saturated rings. The Morgan fingerprint density at radius 1 is 0.680 bits per heavy atom. The van der Waals surface area contributed by atoms with E-state index < -0.39 is 60.3 Å². The molecule has 50 heavy (non-hydrogen) atoms. The predicted molar refractivity (Wildman–Crippen MR) is 196 cm³/mol. The molecular formula is C32H42N8O6S4. The Morgan fingerprint density at radius 3 is 1.46 bits per heavy atom. The van der Waals surface area contributed by atoms with E-state index in [0.29, 0.717) is 34.4 Å². The highest BCUT2D eigenvalue weighted by molar-refractivity contribution is 8.76. The quantitative estimate of drug-likeness (QED) is 0.335. The van der Waals surface area contributed by atoms with Gasteiger partial charge in [-0.2, -0.15) is 0 Å². The average molecular weight is 763 g/mol. The van der Waals surface area contributed by atoms with Gasteiger partial charge in [0, 0.05) is 22.3 Å². The van der Waals surface area contributed by atoms with E-state index in [0.717, 1.165) is 0 Å². The first-order valence-electron chi connectivity index (χ1n) is 16.7. The van der Waals surface area contributed by atoms with Crippen LogP contribution in [0.4, 0.5) is 0 Å². The van der Waals surface area contributed by atoms with Crippen LogP contribution in [0, 0.1) is 11.8 Å². The van der Waals surface area contributed by atoms with Gasteiger partial charge in [-0.05, 0) is 38.5 Å². The van der Waals surface area contributed by atoms with Crippen molar-refractivity contribution in [1.29, 1.82) is 0 Å². The van der Waals surface area contributed by atoms with Crippen LogP contribution < -0.4 is 21.3 Å². The normalized spacial score (nSPS) is 30.6. The fraction of sp³-hybridized carbons (Fsp3) is 0.625. The molecule has 6 rings (SSSR count). The standard InChI is InChI=1S/C32H42N8O6S4/c1-13(2)7-17-31-37-19(9-47-31)25(41)35-22-12-50-49-11-21(29-39-23(15(5)45-29)27(43)33-17)36-26(42)20-10-48-32(38-20)18(8-14(3)4)34-28(44)24-16(6)46-30(22)40-24/h9-10,13-18,21-24H,7-8,11-12H2,1-6H3,(H,33,43)(H,34,44)(H,35,41)(H,36,42)/t15-,16-,17-,18+,21+,22+,23+,24+/m1/s1. The Morgan fingerprint density at radius 2 is 1.08 bits per heavy atom. The molecule has 10 bridgehead atoms. The van der Waals surface area contributed by atoms with Crippen molar-refractivity contribution >= 4 is 79.7 Å². The molecule has 2 aromatic heterocycles. The van der Waals surface area contributed by atoms with E-state index in [1.54, 1.807) is 24.6 Å². The summed E-state index contributed by atoms with van der Waals surface area (Å²) in [7, 11) is 2.86. The van der Waals surface area contributed by atoms with Crippen LogP contribution in [0.15, 0.2) is 20.7 Å². The van der Waals surface area contributed by atoms with Gasteiger partial charge < -0.3 is 30.7 Å². The number of nitrogens with zero attached hydrogens (tertiary/aromatic N) is 4. The van der Waals surface area contributed by atoms with Crippen LogP contribution in [0.5, 0.6) is 0 Å². The maximum Gasteiger partial charge on any atom is 0.271 e. The number of nitrogens with one attached hydrogen (secondary N) is 4. The summed E-state index contributed by atoms with van der Waals surface area (Å²) in [5.74, 6) is 0.109. The summed E-state index contributed by atoms with van der Waals surface area (Å²) >= 11 is 2.59. The Bertz CT molecular complexity index is 1560. The summed E-state index contributed by atoms with van der Waals surface area (Å²) in [4.78, 5) is 73.5. The van der Waals surface area contributed by atoms with Crippen molar-refractivity contribution in [3.8, 4) is 0 Å². The van der Waals surface area contributed by atoms with E-state index >= 15 is 0 Å². The minimum absolute atomic E-state index is 0.208. The van der Waals surface area contributed by atoms with Crippen molar-refractivity contribution < 1.29 is 28.7 Å². The zero-order valence-corrected chi connectivity index (χ0v) is 31.9. The number of fused-ring (bicyclic) bond motifs is 13. The van der Waals surface area contributed by atoms with Gasteiger partial charge in [0.1, 0.15) is 45.7 Å². The summed E-state index contributed by atoms with van der Waals surface area (Å²) in [6.07, 6.45) is 0.0196. The minimum Gasteiger partial charge on any atom is -0.474 e. The van der Waals surface area contributed by atoms with Crippen LogP contribution in [0.2, 0.25) is 0 Å². The molecule has 4 amide bonds. The van der Waals surface area contributed by atoms with Gasteiger partial charge in [0.05, 0.1) is 12.1 Å². The number of hydrogen-bond donors (Lipinski definition) is 4.